The van der Waals surface area contributed by atoms with Crippen molar-refractivity contribution in [3.05, 3.63) is 18.0 Å². The zero-order valence-corrected chi connectivity index (χ0v) is 13.8. The third-order valence-electron chi connectivity index (χ3n) is 5.74. The lowest BCUT2D eigenvalue weighted by Crippen LogP contribution is -2.40. The largest absolute Gasteiger partial charge is 0.369 e. The first-order valence-electron chi connectivity index (χ1n) is 8.50. The number of anilines is 1. The Labute approximate surface area is 132 Å². The number of aryl methyl sites for hydroxylation is 1. The van der Waals surface area contributed by atoms with Crippen LogP contribution >= 0.6 is 0 Å². The van der Waals surface area contributed by atoms with E-state index in [0.29, 0.717) is 17.9 Å². The van der Waals surface area contributed by atoms with E-state index in [0.717, 1.165) is 32.0 Å². The number of hydrogen-bond acceptors (Lipinski definition) is 5. The number of rotatable bonds is 4. The van der Waals surface area contributed by atoms with Gasteiger partial charge in [0.2, 0.25) is 5.95 Å². The Morgan fingerprint density at radius 2 is 2.14 bits per heavy atom. The quantitative estimate of drug-likeness (QED) is 0.845. The highest BCUT2D eigenvalue weighted by atomic mass is 16.5. The van der Waals surface area contributed by atoms with Crippen LogP contribution in [0.15, 0.2) is 12.4 Å². The van der Waals surface area contributed by atoms with Crippen molar-refractivity contribution >= 4 is 5.95 Å². The summed E-state index contributed by atoms with van der Waals surface area (Å²) in [5.74, 6) is 2.16. The first-order chi connectivity index (χ1) is 10.6. The summed E-state index contributed by atoms with van der Waals surface area (Å²) in [6.07, 6.45) is 7.81. The van der Waals surface area contributed by atoms with E-state index in [1.807, 2.05) is 12.4 Å². The molecule has 22 heavy (non-hydrogen) atoms. The highest BCUT2D eigenvalue weighted by Gasteiger charge is 2.63. The molecule has 4 rings (SSSR count). The Kier molecular flexibility index (Phi) is 3.38. The molecule has 0 N–H and O–H groups in total. The minimum absolute atomic E-state index is 0.0676. The van der Waals surface area contributed by atoms with E-state index in [9.17, 15) is 0 Å². The van der Waals surface area contributed by atoms with Crippen LogP contribution in [0, 0.1) is 11.8 Å². The second kappa shape index (κ2) is 5.17. The second-order valence-electron chi connectivity index (χ2n) is 7.42. The molecule has 0 amide bonds. The van der Waals surface area contributed by atoms with Crippen LogP contribution in [0.4, 0.5) is 5.95 Å². The van der Waals surface area contributed by atoms with Gasteiger partial charge in [-0.1, -0.05) is 6.92 Å². The topological polar surface area (TPSA) is 41.5 Å². The van der Waals surface area contributed by atoms with Crippen molar-refractivity contribution in [1.29, 1.82) is 0 Å². The highest BCUT2D eigenvalue weighted by molar-refractivity contribution is 5.36. The highest BCUT2D eigenvalue weighted by Crippen LogP contribution is 2.55. The third kappa shape index (κ3) is 2.14. The SMILES string of the molecule is CCc1cnc(N2C[C@@H]3[C@H](CN(C)C)[C@H]4CC[C@]3(C2)O4)nc1. The molecule has 3 aliphatic heterocycles. The number of aromatic nitrogens is 2. The molecule has 0 unspecified atom stereocenters. The summed E-state index contributed by atoms with van der Waals surface area (Å²) in [5, 5.41) is 0. The van der Waals surface area contributed by atoms with E-state index >= 15 is 0 Å². The standard InChI is InChI=1S/C17H26N4O/c1-4-12-7-18-16(19-8-12)21-10-14-13(9-20(2)3)15-5-6-17(14,11-21)22-15/h7-8,13-15H,4-6,9-11H2,1-3H3/t13-,14+,15+,17+/m0/s1. The molecule has 0 saturated carbocycles. The van der Waals surface area contributed by atoms with Gasteiger partial charge in [-0.3, -0.25) is 0 Å². The summed E-state index contributed by atoms with van der Waals surface area (Å²) in [7, 11) is 4.33. The fourth-order valence-electron chi connectivity index (χ4n) is 4.70. The van der Waals surface area contributed by atoms with Crippen LogP contribution in [0.3, 0.4) is 0 Å². The van der Waals surface area contributed by atoms with Crippen LogP contribution in [-0.2, 0) is 11.2 Å². The normalized spacial score (nSPS) is 36.4. The van der Waals surface area contributed by atoms with Crippen LogP contribution in [0.1, 0.15) is 25.3 Å². The molecule has 3 aliphatic rings. The molecule has 0 aliphatic carbocycles. The lowest BCUT2D eigenvalue weighted by atomic mass is 9.73. The van der Waals surface area contributed by atoms with E-state index < -0.39 is 0 Å². The van der Waals surface area contributed by atoms with Gasteiger partial charge in [0, 0.05) is 37.3 Å². The van der Waals surface area contributed by atoms with E-state index in [2.05, 4.69) is 40.8 Å². The van der Waals surface area contributed by atoms with Gasteiger partial charge in [-0.25, -0.2) is 9.97 Å². The van der Waals surface area contributed by atoms with Gasteiger partial charge in [0.05, 0.1) is 18.2 Å². The van der Waals surface area contributed by atoms with E-state index in [1.165, 1.54) is 18.4 Å². The second-order valence-corrected chi connectivity index (χ2v) is 7.42. The van der Waals surface area contributed by atoms with Crippen molar-refractivity contribution in [3.63, 3.8) is 0 Å². The molecule has 3 saturated heterocycles. The molecule has 4 atom stereocenters. The molecule has 5 heteroatoms. The van der Waals surface area contributed by atoms with Gasteiger partial charge in [-0.15, -0.1) is 0 Å². The average molecular weight is 302 g/mol. The minimum Gasteiger partial charge on any atom is -0.369 e. The van der Waals surface area contributed by atoms with Crippen molar-refractivity contribution < 1.29 is 4.74 Å². The summed E-state index contributed by atoms with van der Waals surface area (Å²) in [5.41, 5.74) is 1.27. The monoisotopic (exact) mass is 302 g/mol. The summed E-state index contributed by atoms with van der Waals surface area (Å²) in [6.45, 7) is 5.26. The zero-order chi connectivity index (χ0) is 15.3. The summed E-state index contributed by atoms with van der Waals surface area (Å²) < 4.78 is 6.47. The Morgan fingerprint density at radius 1 is 1.36 bits per heavy atom. The fraction of sp³-hybridized carbons (Fsp3) is 0.765. The number of fused-ring (bicyclic) bond motifs is 1. The van der Waals surface area contributed by atoms with Gasteiger partial charge >= 0.3 is 0 Å². The molecule has 0 radical (unpaired) electrons. The van der Waals surface area contributed by atoms with Crippen LogP contribution in [0.5, 0.6) is 0 Å². The Bertz CT molecular complexity index is 546. The minimum atomic E-state index is 0.0676. The van der Waals surface area contributed by atoms with Gasteiger partial charge in [-0.05, 0) is 38.9 Å². The molecule has 4 heterocycles. The number of nitrogens with zero attached hydrogens (tertiary/aromatic N) is 4. The number of hydrogen-bond donors (Lipinski definition) is 0. The van der Waals surface area contributed by atoms with Gasteiger partial charge in [0.25, 0.3) is 0 Å². The molecular formula is C17H26N4O. The zero-order valence-electron chi connectivity index (χ0n) is 13.8. The molecule has 1 aromatic rings. The van der Waals surface area contributed by atoms with Gasteiger partial charge in [0.1, 0.15) is 0 Å². The van der Waals surface area contributed by atoms with Crippen molar-refractivity contribution in [2.24, 2.45) is 11.8 Å². The van der Waals surface area contributed by atoms with Crippen LogP contribution in [0.2, 0.25) is 0 Å². The Morgan fingerprint density at radius 3 is 2.82 bits per heavy atom. The van der Waals surface area contributed by atoms with E-state index in [-0.39, 0.29) is 5.60 Å². The molecule has 120 valence electrons. The number of ether oxygens (including phenoxy) is 1. The molecule has 0 aromatic carbocycles. The summed E-state index contributed by atoms with van der Waals surface area (Å²) in [6, 6.07) is 0. The smallest absolute Gasteiger partial charge is 0.225 e. The van der Waals surface area contributed by atoms with Crippen LogP contribution in [0.25, 0.3) is 0 Å². The summed E-state index contributed by atoms with van der Waals surface area (Å²) in [4.78, 5) is 13.8. The Balaban J connectivity index is 1.55. The van der Waals surface area contributed by atoms with Crippen molar-refractivity contribution in [2.75, 3.05) is 38.6 Å². The van der Waals surface area contributed by atoms with Crippen LogP contribution < -0.4 is 4.90 Å². The fourth-order valence-corrected chi connectivity index (χ4v) is 4.70. The van der Waals surface area contributed by atoms with Crippen molar-refractivity contribution in [2.45, 2.75) is 37.9 Å². The first-order valence-corrected chi connectivity index (χ1v) is 8.50. The maximum Gasteiger partial charge on any atom is 0.225 e. The van der Waals surface area contributed by atoms with Crippen LogP contribution in [-0.4, -0.2) is 60.3 Å². The van der Waals surface area contributed by atoms with Gasteiger partial charge < -0.3 is 14.5 Å². The third-order valence-corrected chi connectivity index (χ3v) is 5.74. The lowest BCUT2D eigenvalue weighted by molar-refractivity contribution is 0.0136. The molecule has 3 fully saturated rings. The Hall–Kier alpha value is -1.20. The van der Waals surface area contributed by atoms with Crippen molar-refractivity contribution in [1.82, 2.24) is 14.9 Å². The molecule has 1 spiro atoms. The van der Waals surface area contributed by atoms with Gasteiger partial charge in [-0.2, -0.15) is 0 Å². The molecule has 2 bridgehead atoms. The average Bonchev–Trinajstić information content (AvgIpc) is 3.16. The van der Waals surface area contributed by atoms with Gasteiger partial charge in [0.15, 0.2) is 0 Å². The summed E-state index contributed by atoms with van der Waals surface area (Å²) >= 11 is 0. The van der Waals surface area contributed by atoms with E-state index in [1.54, 1.807) is 0 Å². The lowest BCUT2D eigenvalue weighted by Gasteiger charge is -2.30. The predicted octanol–water partition coefficient (Wildman–Crippen LogP) is 1.58. The molecular weight excluding hydrogens is 276 g/mol. The van der Waals surface area contributed by atoms with Crippen molar-refractivity contribution in [3.8, 4) is 0 Å². The van der Waals surface area contributed by atoms with E-state index in [4.69, 9.17) is 4.74 Å². The maximum atomic E-state index is 6.47. The predicted molar refractivity (Wildman–Crippen MR) is 86.0 cm³/mol. The molecule has 5 nitrogen and oxygen atoms in total. The maximum absolute atomic E-state index is 6.47. The molecule has 1 aromatic heterocycles. The first kappa shape index (κ1) is 14.4.